The van der Waals surface area contributed by atoms with Crippen LogP contribution in [0.4, 0.5) is 17.1 Å². The van der Waals surface area contributed by atoms with Gasteiger partial charge in [-0.1, -0.05) is 183 Å². The summed E-state index contributed by atoms with van der Waals surface area (Å²) >= 11 is 1.91. The van der Waals surface area contributed by atoms with Gasteiger partial charge < -0.3 is 4.90 Å². The fourth-order valence-electron chi connectivity index (χ4n) is 9.46. The van der Waals surface area contributed by atoms with Gasteiger partial charge in [-0.05, 0) is 114 Å². The zero-order valence-electron chi connectivity index (χ0n) is 32.8. The quantitative estimate of drug-likeness (QED) is 0.156. The Bertz CT molecular complexity index is 3160. The molecule has 2 unspecified atom stereocenters. The molecular weight excluding hydrogens is 731 g/mol. The number of thiophene rings is 1. The van der Waals surface area contributed by atoms with Gasteiger partial charge in [0.1, 0.15) is 0 Å². The molecule has 0 spiro atoms. The van der Waals surface area contributed by atoms with E-state index in [9.17, 15) is 0 Å². The molecule has 11 rings (SSSR count). The van der Waals surface area contributed by atoms with Gasteiger partial charge in [0.2, 0.25) is 0 Å². The molecule has 0 amide bonds. The smallest absolute Gasteiger partial charge is 0.0540 e. The normalized spacial score (nSPS) is 14.8. The zero-order valence-corrected chi connectivity index (χ0v) is 33.6. The Morgan fingerprint density at radius 3 is 1.81 bits per heavy atom. The maximum atomic E-state index is 2.45. The largest absolute Gasteiger partial charge is 0.310 e. The minimum Gasteiger partial charge on any atom is -0.310 e. The molecule has 0 radical (unpaired) electrons. The highest BCUT2D eigenvalue weighted by Gasteiger charge is 2.29. The van der Waals surface area contributed by atoms with E-state index in [-0.39, 0.29) is 5.92 Å². The summed E-state index contributed by atoms with van der Waals surface area (Å²) in [5, 5.41) is 6.38. The molecule has 0 N–H and O–H groups in total. The number of hydrogen-bond donors (Lipinski definition) is 0. The molecular formula is C57H41NS. The summed E-state index contributed by atoms with van der Waals surface area (Å²) in [4.78, 5) is 3.83. The number of fused-ring (bicyclic) bond motifs is 5. The second-order valence-electron chi connectivity index (χ2n) is 15.7. The van der Waals surface area contributed by atoms with Crippen molar-refractivity contribution in [2.24, 2.45) is 5.92 Å². The van der Waals surface area contributed by atoms with E-state index in [1.165, 1.54) is 81.0 Å². The Morgan fingerprint density at radius 2 is 1.02 bits per heavy atom. The van der Waals surface area contributed by atoms with E-state index in [2.05, 4.69) is 230 Å². The molecule has 280 valence electrons. The number of benzene rings is 9. The maximum absolute atomic E-state index is 2.45. The molecule has 59 heavy (non-hydrogen) atoms. The molecule has 0 saturated heterocycles. The minimum atomic E-state index is 0.285. The first-order valence-electron chi connectivity index (χ1n) is 20.5. The monoisotopic (exact) mass is 771 g/mol. The lowest BCUT2D eigenvalue weighted by Crippen LogP contribution is -2.14. The maximum Gasteiger partial charge on any atom is 0.0540 e. The second kappa shape index (κ2) is 14.7. The molecule has 0 bridgehead atoms. The Hall–Kier alpha value is -7.00. The van der Waals surface area contributed by atoms with Crippen LogP contribution in [0.5, 0.6) is 0 Å². The molecule has 0 saturated carbocycles. The van der Waals surface area contributed by atoms with Gasteiger partial charge in [0.25, 0.3) is 0 Å². The van der Waals surface area contributed by atoms with Gasteiger partial charge in [-0.3, -0.25) is 0 Å². The fourth-order valence-corrected chi connectivity index (χ4v) is 10.6. The number of anilines is 3. The van der Waals surface area contributed by atoms with Crippen LogP contribution in [0.2, 0.25) is 0 Å². The molecule has 9 aromatic carbocycles. The Balaban J connectivity index is 1.08. The third-order valence-electron chi connectivity index (χ3n) is 12.2. The SMILES string of the molecule is CC1C=Cc2sc3ccccc3c2C1c1ccc(N(c2ccc(-c3cccc4ccccc34)cc2)c2ccccc2-c2cccc3cccc(-c4ccccc4)c23)cc1. The highest BCUT2D eigenvalue weighted by atomic mass is 32.1. The number of rotatable bonds is 7. The van der Waals surface area contributed by atoms with Crippen LogP contribution in [0.3, 0.4) is 0 Å². The van der Waals surface area contributed by atoms with Crippen LogP contribution in [0, 0.1) is 5.92 Å². The van der Waals surface area contributed by atoms with Crippen LogP contribution in [0.25, 0.3) is 71.1 Å². The van der Waals surface area contributed by atoms with Crippen LogP contribution in [0.15, 0.2) is 212 Å². The van der Waals surface area contributed by atoms with Crippen LogP contribution < -0.4 is 4.90 Å². The van der Waals surface area contributed by atoms with Gasteiger partial charge in [0.15, 0.2) is 0 Å². The van der Waals surface area contributed by atoms with Gasteiger partial charge in [0.05, 0.1) is 5.69 Å². The lowest BCUT2D eigenvalue weighted by atomic mass is 9.77. The van der Waals surface area contributed by atoms with Gasteiger partial charge in [-0.25, -0.2) is 0 Å². The standard InChI is InChI=1S/C57H41NS/c1-38-28-37-54-57(51-22-8-10-27-53(51)59-54)55(38)43-31-35-45(36-32-43)58(44-33-29-41(30-34-44)47-23-11-17-39-16-5-6-20-46(39)47)52-26-9-7-21-49(52)50-25-13-19-42-18-12-24-48(56(42)50)40-14-3-2-4-15-40/h2-38,55H,1H3. The van der Waals surface area contributed by atoms with Crippen LogP contribution in [-0.2, 0) is 0 Å². The van der Waals surface area contributed by atoms with E-state index >= 15 is 0 Å². The van der Waals surface area contributed by atoms with Crippen molar-refractivity contribution in [3.63, 3.8) is 0 Å². The molecule has 10 aromatic rings. The predicted octanol–water partition coefficient (Wildman–Crippen LogP) is 16.5. The molecule has 0 fully saturated rings. The van der Waals surface area contributed by atoms with Crippen molar-refractivity contribution in [2.45, 2.75) is 12.8 Å². The molecule has 0 aliphatic heterocycles. The summed E-state index contributed by atoms with van der Waals surface area (Å²) in [7, 11) is 0. The first kappa shape index (κ1) is 35.2. The van der Waals surface area contributed by atoms with Crippen molar-refractivity contribution in [2.75, 3.05) is 4.90 Å². The Morgan fingerprint density at radius 1 is 0.441 bits per heavy atom. The second-order valence-corrected chi connectivity index (χ2v) is 16.7. The zero-order chi connectivity index (χ0) is 39.3. The lowest BCUT2D eigenvalue weighted by Gasteiger charge is -2.30. The summed E-state index contributed by atoms with van der Waals surface area (Å²) in [6, 6.07) is 75.8. The van der Waals surface area contributed by atoms with E-state index in [1.807, 2.05) is 11.3 Å². The van der Waals surface area contributed by atoms with Crippen molar-refractivity contribution in [1.29, 1.82) is 0 Å². The van der Waals surface area contributed by atoms with Crippen molar-refractivity contribution >= 4 is 66.1 Å². The summed E-state index contributed by atoms with van der Waals surface area (Å²) in [6.07, 6.45) is 4.73. The molecule has 1 aliphatic carbocycles. The topological polar surface area (TPSA) is 3.24 Å². The van der Waals surface area contributed by atoms with E-state index in [4.69, 9.17) is 0 Å². The van der Waals surface area contributed by atoms with E-state index in [0.717, 1.165) is 17.1 Å². The number of para-hydroxylation sites is 1. The predicted molar refractivity (Wildman–Crippen MR) is 254 cm³/mol. The molecule has 2 heteroatoms. The van der Waals surface area contributed by atoms with Gasteiger partial charge in [0, 0.05) is 32.4 Å². The van der Waals surface area contributed by atoms with E-state index in [0.29, 0.717) is 5.92 Å². The van der Waals surface area contributed by atoms with E-state index in [1.54, 1.807) is 0 Å². The lowest BCUT2D eigenvalue weighted by molar-refractivity contribution is 0.625. The first-order valence-corrected chi connectivity index (χ1v) is 21.4. The van der Waals surface area contributed by atoms with Gasteiger partial charge in [-0.15, -0.1) is 11.3 Å². The van der Waals surface area contributed by atoms with Gasteiger partial charge >= 0.3 is 0 Å². The summed E-state index contributed by atoms with van der Waals surface area (Å²) in [5.41, 5.74) is 13.5. The van der Waals surface area contributed by atoms with Crippen LogP contribution in [0.1, 0.15) is 28.8 Å². The van der Waals surface area contributed by atoms with E-state index < -0.39 is 0 Å². The summed E-state index contributed by atoms with van der Waals surface area (Å²) < 4.78 is 1.36. The van der Waals surface area contributed by atoms with Crippen LogP contribution in [-0.4, -0.2) is 0 Å². The van der Waals surface area contributed by atoms with Crippen molar-refractivity contribution in [1.82, 2.24) is 0 Å². The molecule has 1 heterocycles. The highest BCUT2D eigenvalue weighted by molar-refractivity contribution is 7.20. The van der Waals surface area contributed by atoms with Gasteiger partial charge in [-0.2, -0.15) is 0 Å². The fraction of sp³-hybridized carbons (Fsp3) is 0.0526. The summed E-state index contributed by atoms with van der Waals surface area (Å²) in [6.45, 7) is 2.36. The molecule has 2 atom stereocenters. The number of hydrogen-bond acceptors (Lipinski definition) is 2. The number of nitrogens with zero attached hydrogens (tertiary/aromatic N) is 1. The Labute approximate surface area is 349 Å². The first-order chi connectivity index (χ1) is 29.2. The molecule has 1 aromatic heterocycles. The van der Waals surface area contributed by atoms with Crippen molar-refractivity contribution in [3.8, 4) is 33.4 Å². The Kier molecular flexibility index (Phi) is 8.79. The highest BCUT2D eigenvalue weighted by Crippen LogP contribution is 2.49. The summed E-state index contributed by atoms with van der Waals surface area (Å²) in [5.74, 6) is 0.669. The molecule has 1 aliphatic rings. The van der Waals surface area contributed by atoms with Crippen molar-refractivity contribution < 1.29 is 0 Å². The minimum absolute atomic E-state index is 0.285. The van der Waals surface area contributed by atoms with Crippen molar-refractivity contribution in [3.05, 3.63) is 228 Å². The average molecular weight is 772 g/mol. The third-order valence-corrected chi connectivity index (χ3v) is 13.4. The molecule has 1 nitrogen and oxygen atoms in total. The number of allylic oxidation sites excluding steroid dienone is 1. The van der Waals surface area contributed by atoms with Crippen LogP contribution >= 0.6 is 11.3 Å². The average Bonchev–Trinajstić information content (AvgIpc) is 3.68. The third kappa shape index (κ3) is 6.16.